The van der Waals surface area contributed by atoms with Crippen LogP contribution in [0.25, 0.3) is 0 Å². The summed E-state index contributed by atoms with van der Waals surface area (Å²) in [6.45, 7) is 2.03. The molecule has 0 spiro atoms. The topological polar surface area (TPSA) is 105 Å². The summed E-state index contributed by atoms with van der Waals surface area (Å²) in [6, 6.07) is 1.22. The Hall–Kier alpha value is -1.89. The molecule has 1 atom stereocenters. The van der Waals surface area contributed by atoms with E-state index in [9.17, 15) is 14.9 Å². The second kappa shape index (κ2) is 6.89. The Morgan fingerprint density at radius 3 is 2.95 bits per heavy atom. The van der Waals surface area contributed by atoms with Crippen molar-refractivity contribution in [2.45, 2.75) is 19.8 Å². The number of carboxylic acid groups (broad SMARTS) is 1. The molecule has 0 aliphatic carbocycles. The number of carbonyl (C=O) groups is 1. The van der Waals surface area contributed by atoms with Crippen molar-refractivity contribution in [1.82, 2.24) is 4.98 Å². The van der Waals surface area contributed by atoms with E-state index in [2.05, 4.69) is 10.3 Å². The molecule has 0 bridgehead atoms. The smallest absolute Gasteiger partial charge is 0.312 e. The van der Waals surface area contributed by atoms with Gasteiger partial charge in [0, 0.05) is 18.8 Å². The normalized spacial score (nSPS) is 11.9. The van der Waals surface area contributed by atoms with E-state index in [0.717, 1.165) is 0 Å². The number of pyridine rings is 1. The van der Waals surface area contributed by atoms with Crippen molar-refractivity contribution >= 4 is 29.1 Å². The van der Waals surface area contributed by atoms with Gasteiger partial charge < -0.3 is 10.4 Å². The highest BCUT2D eigenvalue weighted by Gasteiger charge is 2.16. The predicted octanol–water partition coefficient (Wildman–Crippen LogP) is 2.56. The fraction of sp³-hybridized carbons (Fsp3) is 0.455. The van der Waals surface area contributed by atoms with Gasteiger partial charge in [-0.05, 0) is 12.8 Å². The molecule has 8 heteroatoms. The van der Waals surface area contributed by atoms with Gasteiger partial charge in [0.2, 0.25) is 5.82 Å². The predicted molar refractivity (Wildman–Crippen MR) is 70.4 cm³/mol. The number of nitrogens with zero attached hydrogens (tertiary/aromatic N) is 2. The van der Waals surface area contributed by atoms with E-state index in [1.165, 1.54) is 12.3 Å². The molecule has 0 amide bonds. The maximum Gasteiger partial charge on any atom is 0.312 e. The number of nitro groups is 1. The summed E-state index contributed by atoms with van der Waals surface area (Å²) in [6.07, 6.45) is 2.38. The summed E-state index contributed by atoms with van der Waals surface area (Å²) in [7, 11) is 0. The molecule has 1 aromatic rings. The lowest BCUT2D eigenvalue weighted by Gasteiger charge is -2.08. The molecule has 1 unspecified atom stereocenters. The summed E-state index contributed by atoms with van der Waals surface area (Å²) in [4.78, 5) is 24.7. The van der Waals surface area contributed by atoms with Gasteiger partial charge in [0.05, 0.1) is 15.9 Å². The fourth-order valence-corrected chi connectivity index (χ4v) is 1.59. The molecule has 0 aromatic carbocycles. The van der Waals surface area contributed by atoms with Gasteiger partial charge in [0.1, 0.15) is 0 Å². The van der Waals surface area contributed by atoms with E-state index in [1.807, 2.05) is 0 Å². The molecular formula is C11H14ClN3O4. The second-order valence-electron chi connectivity index (χ2n) is 4.09. The number of anilines is 1. The third-order valence-corrected chi connectivity index (χ3v) is 2.77. The van der Waals surface area contributed by atoms with E-state index < -0.39 is 16.8 Å². The van der Waals surface area contributed by atoms with Gasteiger partial charge in [-0.3, -0.25) is 14.9 Å². The highest BCUT2D eigenvalue weighted by molar-refractivity contribution is 6.30. The zero-order valence-electron chi connectivity index (χ0n) is 10.3. The first kappa shape index (κ1) is 15.2. The lowest BCUT2D eigenvalue weighted by atomic mass is 10.1. The van der Waals surface area contributed by atoms with Crippen LogP contribution in [0.15, 0.2) is 12.3 Å². The first-order chi connectivity index (χ1) is 8.91. The van der Waals surface area contributed by atoms with Crippen molar-refractivity contribution in [1.29, 1.82) is 0 Å². The maximum atomic E-state index is 10.8. The molecule has 0 radical (unpaired) electrons. The highest BCUT2D eigenvalue weighted by atomic mass is 35.5. The Kier molecular flexibility index (Phi) is 5.50. The van der Waals surface area contributed by atoms with Crippen LogP contribution in [0, 0.1) is 16.0 Å². The minimum Gasteiger partial charge on any atom is -0.481 e. The van der Waals surface area contributed by atoms with Gasteiger partial charge in [-0.1, -0.05) is 18.5 Å². The van der Waals surface area contributed by atoms with E-state index in [1.54, 1.807) is 6.92 Å². The van der Waals surface area contributed by atoms with Gasteiger partial charge in [0.15, 0.2) is 0 Å². The van der Waals surface area contributed by atoms with Crippen LogP contribution in [-0.2, 0) is 4.79 Å². The van der Waals surface area contributed by atoms with Crippen LogP contribution in [-0.4, -0.2) is 27.5 Å². The molecule has 1 rings (SSSR count). The van der Waals surface area contributed by atoms with Gasteiger partial charge in [-0.2, -0.15) is 0 Å². The summed E-state index contributed by atoms with van der Waals surface area (Å²) >= 11 is 5.64. The molecule has 0 saturated heterocycles. The van der Waals surface area contributed by atoms with Crippen molar-refractivity contribution in [2.24, 2.45) is 5.92 Å². The number of aromatic nitrogens is 1. The van der Waals surface area contributed by atoms with Crippen LogP contribution in [0.2, 0.25) is 5.02 Å². The second-order valence-corrected chi connectivity index (χ2v) is 4.52. The molecule has 19 heavy (non-hydrogen) atoms. The molecular weight excluding hydrogens is 274 g/mol. The van der Waals surface area contributed by atoms with Crippen LogP contribution in [0.3, 0.4) is 0 Å². The molecule has 104 valence electrons. The molecule has 0 fully saturated rings. The number of hydrogen-bond acceptors (Lipinski definition) is 5. The third kappa shape index (κ3) is 4.70. The average Bonchev–Trinajstić information content (AvgIpc) is 2.35. The van der Waals surface area contributed by atoms with Crippen LogP contribution in [0.4, 0.5) is 11.5 Å². The summed E-state index contributed by atoms with van der Waals surface area (Å²) in [5.41, 5.74) is -0.196. The van der Waals surface area contributed by atoms with E-state index in [0.29, 0.717) is 19.4 Å². The van der Waals surface area contributed by atoms with Gasteiger partial charge in [-0.25, -0.2) is 4.98 Å². The standard InChI is InChI=1S/C11H14ClN3O4/c1-7(11(16)17)3-2-4-13-10-9(15(18)19)5-8(12)6-14-10/h5-7H,2-4H2,1H3,(H,13,14)(H,16,17). The number of rotatable bonds is 7. The Balaban J connectivity index is 2.54. The lowest BCUT2D eigenvalue weighted by molar-refractivity contribution is -0.384. The number of aliphatic carboxylic acids is 1. The van der Waals surface area contributed by atoms with E-state index >= 15 is 0 Å². The number of nitrogens with one attached hydrogen (secondary N) is 1. The van der Waals surface area contributed by atoms with Crippen molar-refractivity contribution in [3.8, 4) is 0 Å². The van der Waals surface area contributed by atoms with E-state index in [-0.39, 0.29) is 16.5 Å². The van der Waals surface area contributed by atoms with E-state index in [4.69, 9.17) is 16.7 Å². The molecule has 0 saturated carbocycles. The third-order valence-electron chi connectivity index (χ3n) is 2.56. The Morgan fingerprint density at radius 2 is 2.37 bits per heavy atom. The van der Waals surface area contributed by atoms with Gasteiger partial charge in [0.25, 0.3) is 0 Å². The average molecular weight is 288 g/mol. The Labute approximate surface area is 114 Å². The number of halogens is 1. The van der Waals surface area contributed by atoms with Crippen molar-refractivity contribution < 1.29 is 14.8 Å². The zero-order chi connectivity index (χ0) is 14.4. The van der Waals surface area contributed by atoms with Crippen LogP contribution < -0.4 is 5.32 Å². The first-order valence-electron chi connectivity index (χ1n) is 5.68. The minimum absolute atomic E-state index is 0.136. The molecule has 7 nitrogen and oxygen atoms in total. The largest absolute Gasteiger partial charge is 0.481 e. The molecule has 0 aliphatic heterocycles. The molecule has 0 aliphatic rings. The maximum absolute atomic E-state index is 10.8. The number of hydrogen-bond donors (Lipinski definition) is 2. The summed E-state index contributed by atoms with van der Waals surface area (Å²) in [5.74, 6) is -1.15. The lowest BCUT2D eigenvalue weighted by Crippen LogP contribution is -2.12. The quantitative estimate of drug-likeness (QED) is 0.453. The highest BCUT2D eigenvalue weighted by Crippen LogP contribution is 2.24. The SMILES string of the molecule is CC(CCCNc1ncc(Cl)cc1[N+](=O)[O-])C(=O)O. The fourth-order valence-electron chi connectivity index (χ4n) is 1.44. The van der Waals surface area contributed by atoms with Gasteiger partial charge in [-0.15, -0.1) is 0 Å². The Morgan fingerprint density at radius 1 is 1.68 bits per heavy atom. The molecule has 1 heterocycles. The Bertz CT molecular complexity index is 481. The minimum atomic E-state index is -0.851. The monoisotopic (exact) mass is 287 g/mol. The molecule has 1 aromatic heterocycles. The molecule has 2 N–H and O–H groups in total. The van der Waals surface area contributed by atoms with Gasteiger partial charge >= 0.3 is 11.7 Å². The number of carboxylic acids is 1. The van der Waals surface area contributed by atoms with Crippen molar-refractivity contribution in [3.63, 3.8) is 0 Å². The van der Waals surface area contributed by atoms with Crippen LogP contribution in [0.1, 0.15) is 19.8 Å². The summed E-state index contributed by atoms with van der Waals surface area (Å²) < 4.78 is 0. The first-order valence-corrected chi connectivity index (χ1v) is 6.06. The summed E-state index contributed by atoms with van der Waals surface area (Å²) in [5, 5.41) is 22.5. The van der Waals surface area contributed by atoms with Crippen molar-refractivity contribution in [2.75, 3.05) is 11.9 Å². The van der Waals surface area contributed by atoms with Crippen LogP contribution >= 0.6 is 11.6 Å². The van der Waals surface area contributed by atoms with Crippen LogP contribution in [0.5, 0.6) is 0 Å². The zero-order valence-corrected chi connectivity index (χ0v) is 11.1. The van der Waals surface area contributed by atoms with Crippen molar-refractivity contribution in [3.05, 3.63) is 27.4 Å².